The second kappa shape index (κ2) is 4.82. The Morgan fingerprint density at radius 3 is 2.89 bits per heavy atom. The van der Waals surface area contributed by atoms with Crippen LogP contribution in [0.1, 0.15) is 17.3 Å². The zero-order valence-electron chi connectivity index (χ0n) is 11.0. The lowest BCUT2D eigenvalue weighted by atomic mass is 10.0. The van der Waals surface area contributed by atoms with Crippen LogP contribution in [0.25, 0.3) is 10.9 Å². The van der Waals surface area contributed by atoms with Crippen molar-refractivity contribution in [2.45, 2.75) is 6.04 Å². The van der Waals surface area contributed by atoms with Crippen LogP contribution in [0.2, 0.25) is 0 Å². The zero-order valence-corrected chi connectivity index (χ0v) is 11.0. The predicted molar refractivity (Wildman–Crippen MR) is 75.9 cm³/mol. The van der Waals surface area contributed by atoms with E-state index in [9.17, 15) is 0 Å². The van der Waals surface area contributed by atoms with Crippen molar-refractivity contribution >= 4 is 10.9 Å². The molecule has 0 aliphatic carbocycles. The Balaban J connectivity index is 2.09. The van der Waals surface area contributed by atoms with Crippen LogP contribution in [0.4, 0.5) is 0 Å². The van der Waals surface area contributed by atoms with Gasteiger partial charge in [-0.25, -0.2) is 4.98 Å². The summed E-state index contributed by atoms with van der Waals surface area (Å²) in [4.78, 5) is 8.54. The van der Waals surface area contributed by atoms with Crippen molar-refractivity contribution in [2.24, 2.45) is 7.05 Å². The van der Waals surface area contributed by atoms with Gasteiger partial charge in [-0.05, 0) is 30.8 Å². The van der Waals surface area contributed by atoms with Crippen LogP contribution < -0.4 is 5.32 Å². The molecule has 1 unspecified atom stereocenters. The van der Waals surface area contributed by atoms with Gasteiger partial charge < -0.3 is 9.88 Å². The van der Waals surface area contributed by atoms with Crippen molar-refractivity contribution in [1.29, 1.82) is 0 Å². The molecular formula is C15H16N4. The SMILES string of the molecule is CNC(c1ccc2ncccc2c1)c1cncn1C. The van der Waals surface area contributed by atoms with E-state index < -0.39 is 0 Å². The molecule has 0 aliphatic heterocycles. The van der Waals surface area contributed by atoms with Crippen molar-refractivity contribution in [2.75, 3.05) is 7.05 Å². The van der Waals surface area contributed by atoms with Crippen molar-refractivity contribution in [3.63, 3.8) is 0 Å². The van der Waals surface area contributed by atoms with Crippen molar-refractivity contribution in [3.05, 3.63) is 60.3 Å². The van der Waals surface area contributed by atoms with Crippen molar-refractivity contribution in [1.82, 2.24) is 19.9 Å². The minimum absolute atomic E-state index is 0.136. The summed E-state index contributed by atoms with van der Waals surface area (Å²) in [5.41, 5.74) is 3.38. The Kier molecular flexibility index (Phi) is 3.01. The number of nitrogens with zero attached hydrogens (tertiary/aromatic N) is 3. The van der Waals surface area contributed by atoms with Crippen LogP contribution >= 0.6 is 0 Å². The molecule has 0 spiro atoms. The third-order valence-electron chi connectivity index (χ3n) is 3.40. The van der Waals surface area contributed by atoms with E-state index in [4.69, 9.17) is 0 Å². The van der Waals surface area contributed by atoms with Crippen molar-refractivity contribution in [3.8, 4) is 0 Å². The molecule has 1 atom stereocenters. The lowest BCUT2D eigenvalue weighted by Gasteiger charge is -2.17. The number of pyridine rings is 1. The van der Waals surface area contributed by atoms with Gasteiger partial charge in [0.25, 0.3) is 0 Å². The predicted octanol–water partition coefficient (Wildman–Crippen LogP) is 2.28. The van der Waals surface area contributed by atoms with Gasteiger partial charge in [-0.1, -0.05) is 12.1 Å². The number of nitrogens with one attached hydrogen (secondary N) is 1. The standard InChI is InChI=1S/C15H16N4/c1-16-15(14-9-17-10-19(14)2)12-5-6-13-11(8-12)4-3-7-18-13/h3-10,15-16H,1-2H3. The molecule has 1 aromatic carbocycles. The summed E-state index contributed by atoms with van der Waals surface area (Å²) in [6, 6.07) is 10.5. The largest absolute Gasteiger partial charge is 0.336 e. The molecule has 4 nitrogen and oxygen atoms in total. The van der Waals surface area contributed by atoms with Gasteiger partial charge in [-0.2, -0.15) is 0 Å². The molecule has 0 aliphatic rings. The third kappa shape index (κ3) is 2.11. The highest BCUT2D eigenvalue weighted by Crippen LogP contribution is 2.24. The summed E-state index contributed by atoms with van der Waals surface area (Å²) in [7, 11) is 3.97. The number of aryl methyl sites for hydroxylation is 1. The number of benzene rings is 1. The number of rotatable bonds is 3. The topological polar surface area (TPSA) is 42.7 Å². The normalized spacial score (nSPS) is 12.7. The van der Waals surface area contributed by atoms with Crippen LogP contribution in [0, 0.1) is 0 Å². The second-order valence-electron chi connectivity index (χ2n) is 4.61. The Morgan fingerprint density at radius 1 is 1.26 bits per heavy atom. The summed E-state index contributed by atoms with van der Waals surface area (Å²) < 4.78 is 2.04. The summed E-state index contributed by atoms with van der Waals surface area (Å²) in [6.45, 7) is 0. The first-order chi connectivity index (χ1) is 9.29. The third-order valence-corrected chi connectivity index (χ3v) is 3.40. The fraction of sp³-hybridized carbons (Fsp3) is 0.200. The van der Waals surface area contributed by atoms with E-state index >= 15 is 0 Å². The fourth-order valence-corrected chi connectivity index (χ4v) is 2.40. The monoisotopic (exact) mass is 252 g/mol. The molecule has 96 valence electrons. The van der Waals surface area contributed by atoms with E-state index in [1.54, 1.807) is 0 Å². The smallest absolute Gasteiger partial charge is 0.0946 e. The summed E-state index contributed by atoms with van der Waals surface area (Å²) in [5.74, 6) is 0. The highest BCUT2D eigenvalue weighted by molar-refractivity contribution is 5.79. The molecule has 1 N–H and O–H groups in total. The summed E-state index contributed by atoms with van der Waals surface area (Å²) in [6.07, 6.45) is 5.54. The highest BCUT2D eigenvalue weighted by atomic mass is 15.1. The molecule has 0 amide bonds. The van der Waals surface area contributed by atoms with Gasteiger partial charge in [-0.15, -0.1) is 0 Å². The average Bonchev–Trinajstić information content (AvgIpc) is 2.86. The molecule has 0 bridgehead atoms. The van der Waals surface area contributed by atoms with E-state index in [1.807, 2.05) is 43.4 Å². The number of aromatic nitrogens is 3. The van der Waals surface area contributed by atoms with E-state index in [1.165, 1.54) is 5.56 Å². The molecular weight excluding hydrogens is 236 g/mol. The number of hydrogen-bond donors (Lipinski definition) is 1. The van der Waals surface area contributed by atoms with Crippen LogP contribution in [0.15, 0.2) is 49.1 Å². The lowest BCUT2D eigenvalue weighted by molar-refractivity contribution is 0.639. The average molecular weight is 252 g/mol. The minimum atomic E-state index is 0.136. The zero-order chi connectivity index (χ0) is 13.2. The maximum absolute atomic E-state index is 4.35. The molecule has 0 fully saturated rings. The Hall–Kier alpha value is -2.20. The summed E-state index contributed by atoms with van der Waals surface area (Å²) >= 11 is 0. The van der Waals surface area contributed by atoms with Gasteiger partial charge in [0.1, 0.15) is 0 Å². The molecule has 0 radical (unpaired) electrons. The van der Waals surface area contributed by atoms with E-state index in [2.05, 4.69) is 39.6 Å². The van der Waals surface area contributed by atoms with E-state index in [0.717, 1.165) is 16.6 Å². The van der Waals surface area contributed by atoms with Crippen LogP contribution in [0.3, 0.4) is 0 Å². The minimum Gasteiger partial charge on any atom is -0.336 e. The molecule has 2 aromatic heterocycles. The van der Waals surface area contributed by atoms with Gasteiger partial charge in [0.05, 0.1) is 29.8 Å². The first-order valence-electron chi connectivity index (χ1n) is 6.28. The molecule has 4 heteroatoms. The molecule has 0 saturated carbocycles. The van der Waals surface area contributed by atoms with Gasteiger partial charge >= 0.3 is 0 Å². The second-order valence-corrected chi connectivity index (χ2v) is 4.61. The van der Waals surface area contributed by atoms with Gasteiger partial charge in [0.2, 0.25) is 0 Å². The van der Waals surface area contributed by atoms with Crippen molar-refractivity contribution < 1.29 is 0 Å². The van der Waals surface area contributed by atoms with Crippen LogP contribution in [0.5, 0.6) is 0 Å². The molecule has 0 saturated heterocycles. The number of fused-ring (bicyclic) bond motifs is 1. The van der Waals surface area contributed by atoms with E-state index in [0.29, 0.717) is 0 Å². The van der Waals surface area contributed by atoms with Crippen LogP contribution in [-0.2, 0) is 7.05 Å². The Morgan fingerprint density at radius 2 is 2.16 bits per heavy atom. The lowest BCUT2D eigenvalue weighted by Crippen LogP contribution is -2.20. The molecule has 2 heterocycles. The van der Waals surface area contributed by atoms with Crippen LogP contribution in [-0.4, -0.2) is 21.6 Å². The van der Waals surface area contributed by atoms with Gasteiger partial charge in [0.15, 0.2) is 0 Å². The fourth-order valence-electron chi connectivity index (χ4n) is 2.40. The van der Waals surface area contributed by atoms with E-state index in [-0.39, 0.29) is 6.04 Å². The maximum Gasteiger partial charge on any atom is 0.0946 e. The molecule has 3 rings (SSSR count). The Labute approximate surface area is 112 Å². The molecule has 3 aromatic rings. The Bertz CT molecular complexity index is 702. The molecule has 19 heavy (non-hydrogen) atoms. The quantitative estimate of drug-likeness (QED) is 0.777. The van der Waals surface area contributed by atoms with Gasteiger partial charge in [-0.3, -0.25) is 4.98 Å². The first-order valence-corrected chi connectivity index (χ1v) is 6.28. The first kappa shape index (κ1) is 11.9. The maximum atomic E-state index is 4.35. The number of imidazole rings is 1. The highest BCUT2D eigenvalue weighted by Gasteiger charge is 2.15. The summed E-state index contributed by atoms with van der Waals surface area (Å²) in [5, 5.41) is 4.50. The van der Waals surface area contributed by atoms with Gasteiger partial charge in [0, 0.05) is 18.6 Å². The number of hydrogen-bond acceptors (Lipinski definition) is 3.